The SMILES string of the molecule is COCC(NC(=O)N1CC(=O)Nc2cc(C)cnc21)c1ccc(-n2cccc2)c(F)c1. The highest BCUT2D eigenvalue weighted by Gasteiger charge is 2.30. The highest BCUT2D eigenvalue weighted by Crippen LogP contribution is 2.28. The third kappa shape index (κ3) is 4.26. The van der Waals surface area contributed by atoms with E-state index >= 15 is 0 Å². The molecule has 9 heteroatoms. The molecular weight excluding hydrogens is 401 g/mol. The fraction of sp³-hybridized carbons (Fsp3) is 0.227. The summed E-state index contributed by atoms with van der Waals surface area (Å²) in [5.74, 6) is -0.391. The molecule has 3 amide bonds. The Bertz CT molecular complexity index is 1120. The van der Waals surface area contributed by atoms with Crippen molar-refractivity contribution in [1.82, 2.24) is 14.9 Å². The van der Waals surface area contributed by atoms with Gasteiger partial charge in [-0.1, -0.05) is 6.07 Å². The van der Waals surface area contributed by atoms with Gasteiger partial charge in [-0.3, -0.25) is 9.69 Å². The van der Waals surface area contributed by atoms with Crippen LogP contribution < -0.4 is 15.5 Å². The number of ether oxygens (including phenoxy) is 1. The fourth-order valence-electron chi connectivity index (χ4n) is 3.50. The number of aryl methyl sites for hydroxylation is 1. The molecule has 1 aliphatic rings. The molecule has 1 atom stereocenters. The van der Waals surface area contributed by atoms with Crippen LogP contribution in [0.5, 0.6) is 0 Å². The first kappa shape index (κ1) is 20.5. The normalized spacial score (nSPS) is 14.0. The summed E-state index contributed by atoms with van der Waals surface area (Å²) in [5.41, 5.74) is 2.27. The van der Waals surface area contributed by atoms with Crippen LogP contribution in [0.25, 0.3) is 5.69 Å². The van der Waals surface area contributed by atoms with E-state index in [1.54, 1.807) is 41.4 Å². The molecule has 1 aromatic carbocycles. The summed E-state index contributed by atoms with van der Waals surface area (Å²) < 4.78 is 21.7. The Morgan fingerprint density at radius 1 is 1.32 bits per heavy atom. The van der Waals surface area contributed by atoms with Gasteiger partial charge >= 0.3 is 6.03 Å². The first-order chi connectivity index (χ1) is 15.0. The zero-order chi connectivity index (χ0) is 22.0. The van der Waals surface area contributed by atoms with Gasteiger partial charge in [0.2, 0.25) is 5.91 Å². The summed E-state index contributed by atoms with van der Waals surface area (Å²) in [4.78, 5) is 30.7. The van der Waals surface area contributed by atoms with Crippen molar-refractivity contribution in [3.8, 4) is 5.69 Å². The number of methoxy groups -OCH3 is 1. The second-order valence-corrected chi connectivity index (χ2v) is 7.28. The standard InChI is InChI=1S/C22H22FN5O3/c1-14-9-17-21(24-11-14)28(12-20(29)25-17)22(30)26-18(13-31-2)15-5-6-19(16(23)10-15)27-7-3-4-8-27/h3-11,18H,12-13H2,1-2H3,(H,25,29)(H,26,30). The lowest BCUT2D eigenvalue weighted by Gasteiger charge is -2.30. The van der Waals surface area contributed by atoms with E-state index < -0.39 is 17.9 Å². The van der Waals surface area contributed by atoms with Crippen LogP contribution in [0.4, 0.5) is 20.7 Å². The quantitative estimate of drug-likeness (QED) is 0.660. The van der Waals surface area contributed by atoms with Crippen molar-refractivity contribution in [1.29, 1.82) is 0 Å². The third-order valence-electron chi connectivity index (χ3n) is 4.97. The molecule has 3 aromatic rings. The Labute approximate surface area is 178 Å². The number of urea groups is 1. The Kier molecular flexibility index (Phi) is 5.68. The van der Waals surface area contributed by atoms with Crippen molar-refractivity contribution >= 4 is 23.4 Å². The summed E-state index contributed by atoms with van der Waals surface area (Å²) >= 11 is 0. The van der Waals surface area contributed by atoms with Gasteiger partial charge in [-0.15, -0.1) is 0 Å². The van der Waals surface area contributed by atoms with Crippen molar-refractivity contribution in [2.75, 3.05) is 30.5 Å². The van der Waals surface area contributed by atoms with Crippen LogP contribution in [0.3, 0.4) is 0 Å². The van der Waals surface area contributed by atoms with E-state index in [1.165, 1.54) is 18.1 Å². The van der Waals surface area contributed by atoms with Crippen molar-refractivity contribution in [2.45, 2.75) is 13.0 Å². The number of hydrogen-bond donors (Lipinski definition) is 2. The number of aromatic nitrogens is 2. The number of carbonyl (C=O) groups is 2. The predicted octanol–water partition coefficient (Wildman–Crippen LogP) is 3.18. The lowest BCUT2D eigenvalue weighted by molar-refractivity contribution is -0.115. The van der Waals surface area contributed by atoms with Crippen LogP contribution in [-0.2, 0) is 9.53 Å². The average molecular weight is 423 g/mol. The molecule has 0 bridgehead atoms. The van der Waals surface area contributed by atoms with Crippen LogP contribution in [0, 0.1) is 12.7 Å². The highest BCUT2D eigenvalue weighted by atomic mass is 19.1. The Morgan fingerprint density at radius 2 is 2.10 bits per heavy atom. The molecule has 4 rings (SSSR count). The van der Waals surface area contributed by atoms with Crippen molar-refractivity contribution in [2.24, 2.45) is 0 Å². The lowest BCUT2D eigenvalue weighted by Crippen LogP contribution is -2.49. The van der Waals surface area contributed by atoms with Crippen LogP contribution in [-0.4, -0.2) is 41.8 Å². The molecule has 0 saturated carbocycles. The average Bonchev–Trinajstić information content (AvgIpc) is 3.27. The first-order valence-electron chi connectivity index (χ1n) is 9.72. The molecule has 160 valence electrons. The minimum Gasteiger partial charge on any atom is -0.382 e. The van der Waals surface area contributed by atoms with Gasteiger partial charge in [0.1, 0.15) is 12.4 Å². The number of rotatable bonds is 5. The molecule has 3 heterocycles. The summed E-state index contributed by atoms with van der Waals surface area (Å²) in [6.45, 7) is 1.80. The summed E-state index contributed by atoms with van der Waals surface area (Å²) in [5, 5.41) is 5.55. The second kappa shape index (κ2) is 8.57. The molecule has 2 aromatic heterocycles. The number of hydrogen-bond acceptors (Lipinski definition) is 4. The van der Waals surface area contributed by atoms with E-state index in [0.29, 0.717) is 22.8 Å². The number of benzene rings is 1. The van der Waals surface area contributed by atoms with Crippen LogP contribution in [0.2, 0.25) is 0 Å². The molecule has 0 fully saturated rings. The number of nitrogens with zero attached hydrogens (tertiary/aromatic N) is 3. The predicted molar refractivity (Wildman–Crippen MR) is 114 cm³/mol. The minimum atomic E-state index is -0.621. The van der Waals surface area contributed by atoms with Crippen LogP contribution in [0.1, 0.15) is 17.2 Å². The molecule has 1 unspecified atom stereocenters. The largest absolute Gasteiger partial charge is 0.382 e. The molecule has 0 saturated heterocycles. The van der Waals surface area contributed by atoms with Gasteiger partial charge in [0, 0.05) is 25.7 Å². The number of anilines is 2. The maximum Gasteiger partial charge on any atom is 0.324 e. The number of carbonyl (C=O) groups excluding carboxylic acids is 2. The summed E-state index contributed by atoms with van der Waals surface area (Å²) in [6, 6.07) is 8.98. The van der Waals surface area contributed by atoms with Gasteiger partial charge < -0.3 is 19.9 Å². The van der Waals surface area contributed by atoms with Crippen molar-refractivity contribution in [3.63, 3.8) is 0 Å². The van der Waals surface area contributed by atoms with Crippen LogP contribution in [0.15, 0.2) is 55.0 Å². The monoisotopic (exact) mass is 423 g/mol. The Balaban J connectivity index is 1.58. The van der Waals surface area contributed by atoms with E-state index in [9.17, 15) is 14.0 Å². The molecule has 0 aliphatic carbocycles. The lowest BCUT2D eigenvalue weighted by atomic mass is 10.1. The van der Waals surface area contributed by atoms with Gasteiger partial charge in [0.25, 0.3) is 0 Å². The van der Waals surface area contributed by atoms with E-state index in [1.807, 2.05) is 19.1 Å². The fourth-order valence-corrected chi connectivity index (χ4v) is 3.50. The smallest absolute Gasteiger partial charge is 0.324 e. The second-order valence-electron chi connectivity index (χ2n) is 7.28. The summed E-state index contributed by atoms with van der Waals surface area (Å²) in [6.07, 6.45) is 5.12. The van der Waals surface area contributed by atoms with Gasteiger partial charge in [-0.25, -0.2) is 14.2 Å². The van der Waals surface area contributed by atoms with E-state index in [2.05, 4.69) is 15.6 Å². The zero-order valence-corrected chi connectivity index (χ0v) is 17.1. The number of halogens is 1. The Hall–Kier alpha value is -3.72. The molecule has 2 N–H and O–H groups in total. The first-order valence-corrected chi connectivity index (χ1v) is 9.72. The topological polar surface area (TPSA) is 88.5 Å². The number of amides is 3. The number of pyridine rings is 1. The maximum absolute atomic E-state index is 14.7. The summed E-state index contributed by atoms with van der Waals surface area (Å²) in [7, 11) is 1.50. The molecule has 31 heavy (non-hydrogen) atoms. The van der Waals surface area contributed by atoms with Gasteiger partial charge in [0.05, 0.1) is 24.0 Å². The van der Waals surface area contributed by atoms with Crippen LogP contribution >= 0.6 is 0 Å². The minimum absolute atomic E-state index is 0.127. The molecule has 0 spiro atoms. The zero-order valence-electron chi connectivity index (χ0n) is 17.1. The van der Waals surface area contributed by atoms with Gasteiger partial charge in [-0.2, -0.15) is 0 Å². The number of fused-ring (bicyclic) bond motifs is 1. The molecular formula is C22H22FN5O3. The van der Waals surface area contributed by atoms with E-state index in [0.717, 1.165) is 5.56 Å². The Morgan fingerprint density at radius 3 is 2.81 bits per heavy atom. The molecule has 8 nitrogen and oxygen atoms in total. The van der Waals surface area contributed by atoms with E-state index in [4.69, 9.17) is 4.74 Å². The van der Waals surface area contributed by atoms with Crippen molar-refractivity contribution < 1.29 is 18.7 Å². The van der Waals surface area contributed by atoms with E-state index in [-0.39, 0.29) is 19.1 Å². The van der Waals surface area contributed by atoms with Gasteiger partial charge in [0.15, 0.2) is 5.82 Å². The molecule has 1 aliphatic heterocycles. The van der Waals surface area contributed by atoms with Crippen molar-refractivity contribution in [3.05, 3.63) is 71.9 Å². The maximum atomic E-state index is 14.7. The highest BCUT2D eigenvalue weighted by molar-refractivity contribution is 6.08. The van der Waals surface area contributed by atoms with Gasteiger partial charge in [-0.05, 0) is 48.4 Å². The molecule has 0 radical (unpaired) electrons. The number of nitrogens with one attached hydrogen (secondary N) is 2. The third-order valence-corrected chi connectivity index (χ3v) is 4.97.